The number of anilines is 8. The Morgan fingerprint density at radius 3 is 0.822 bits per heavy atom. The van der Waals surface area contributed by atoms with Crippen LogP contribution in [0.5, 0.6) is 23.0 Å². The number of phenols is 2. The van der Waals surface area contributed by atoms with E-state index in [2.05, 4.69) is 66.3 Å². The average Bonchev–Trinajstić information content (AvgIpc) is 0.814. The molecule has 10 amide bonds. The summed E-state index contributed by atoms with van der Waals surface area (Å²) in [6.07, 6.45) is 2.09. The van der Waals surface area contributed by atoms with Crippen LogP contribution in [0, 0.1) is 33.1 Å². The summed E-state index contributed by atoms with van der Waals surface area (Å²) in [4.78, 5) is 141. The molecule has 10 rings (SSSR count). The van der Waals surface area contributed by atoms with Gasteiger partial charge >= 0.3 is 0 Å². The van der Waals surface area contributed by atoms with Crippen LogP contribution in [0.1, 0.15) is 105 Å². The second kappa shape index (κ2) is 31.5. The Morgan fingerprint density at radius 1 is 0.376 bits per heavy atom. The summed E-state index contributed by atoms with van der Waals surface area (Å²) in [6, 6.07) is 35.4. The van der Waals surface area contributed by atoms with Crippen LogP contribution in [-0.4, -0.2) is 122 Å². The number of fused-ring (bicyclic) bond motifs is 22. The summed E-state index contributed by atoms with van der Waals surface area (Å²) < 4.78 is 25.4. The van der Waals surface area contributed by atoms with Crippen LogP contribution in [0.15, 0.2) is 171 Å². The first-order valence-corrected chi connectivity index (χ1v) is 31.5. The topological polar surface area (TPSA) is 368 Å². The van der Waals surface area contributed by atoms with Crippen LogP contribution in [-0.2, 0) is 19.1 Å². The zero-order chi connectivity index (χ0) is 72.1. The first-order valence-electron chi connectivity index (χ1n) is 31.5. The summed E-state index contributed by atoms with van der Waals surface area (Å²) in [7, 11) is 0. The van der Waals surface area contributed by atoms with Gasteiger partial charge in [-0.05, 0) is 183 Å². The van der Waals surface area contributed by atoms with E-state index in [9.17, 15) is 58.2 Å². The van der Waals surface area contributed by atoms with Gasteiger partial charge in [0.15, 0.2) is 0 Å². The number of rotatable bonds is 6. The number of phenolic OH excluding ortho intramolecular Hbond substituents is 2. The molecule has 0 saturated carbocycles. The molecular formula is C75H70N10O16. The zero-order valence-electron chi connectivity index (χ0n) is 55.2. The lowest BCUT2D eigenvalue weighted by Gasteiger charge is -2.33. The Morgan fingerprint density at radius 2 is 0.594 bits per heavy atom. The molecule has 26 heteroatoms. The van der Waals surface area contributed by atoms with E-state index in [4.69, 9.17) is 18.9 Å². The number of hydrogen-bond donors (Lipinski definition) is 12. The Kier molecular flexibility index (Phi) is 22.1. The Balaban J connectivity index is 1.11. The van der Waals surface area contributed by atoms with Gasteiger partial charge in [0.2, 0.25) is 11.8 Å². The molecule has 0 aromatic heterocycles. The van der Waals surface area contributed by atoms with Crippen molar-refractivity contribution in [1.82, 2.24) is 10.6 Å². The molecule has 14 bridgehead atoms. The van der Waals surface area contributed by atoms with Crippen molar-refractivity contribution in [2.45, 2.75) is 27.7 Å². The van der Waals surface area contributed by atoms with Crippen molar-refractivity contribution >= 4 is 105 Å². The molecule has 2 aliphatic rings. The number of ether oxygens (including phenoxy) is 4. The molecule has 0 atom stereocenters. The van der Waals surface area contributed by atoms with Crippen LogP contribution in [0.2, 0.25) is 0 Å². The van der Waals surface area contributed by atoms with Gasteiger partial charge in [-0.25, -0.2) is 0 Å². The molecule has 0 saturated heterocycles. The molecule has 2 aliphatic heterocycles. The van der Waals surface area contributed by atoms with Gasteiger partial charge in [0.05, 0.1) is 76.4 Å². The van der Waals surface area contributed by atoms with Crippen molar-refractivity contribution in [2.75, 3.05) is 95.3 Å². The van der Waals surface area contributed by atoms with Gasteiger partial charge in [-0.15, -0.1) is 0 Å². The second-order valence-corrected chi connectivity index (χ2v) is 23.9. The minimum absolute atomic E-state index is 0.141. The van der Waals surface area contributed by atoms with Gasteiger partial charge in [-0.1, -0.05) is 37.4 Å². The molecule has 0 radical (unpaired) electrons. The molecular weight excluding hydrogens is 1300 g/mol. The highest BCUT2D eigenvalue weighted by atomic mass is 16.5. The third-order valence-corrected chi connectivity index (χ3v) is 15.9. The van der Waals surface area contributed by atoms with Gasteiger partial charge in [0, 0.05) is 58.6 Å². The van der Waals surface area contributed by atoms with Crippen LogP contribution in [0.25, 0.3) is 0 Å². The molecule has 2 heterocycles. The van der Waals surface area contributed by atoms with E-state index in [-0.39, 0.29) is 154 Å². The number of carbonyl (C=O) groups is 10. The van der Waals surface area contributed by atoms with E-state index in [0.717, 1.165) is 12.2 Å². The van der Waals surface area contributed by atoms with Gasteiger partial charge in [0.25, 0.3) is 47.3 Å². The fraction of sp³-hybridized carbons (Fsp3) is 0.173. The van der Waals surface area contributed by atoms with Crippen molar-refractivity contribution in [1.29, 1.82) is 0 Å². The van der Waals surface area contributed by atoms with E-state index in [0.29, 0.717) is 22.3 Å². The van der Waals surface area contributed by atoms with Crippen LogP contribution >= 0.6 is 0 Å². The van der Waals surface area contributed by atoms with E-state index in [1.807, 2.05) is 0 Å². The van der Waals surface area contributed by atoms with E-state index < -0.39 is 76.0 Å². The van der Waals surface area contributed by atoms with Crippen molar-refractivity contribution in [3.8, 4) is 23.0 Å². The summed E-state index contributed by atoms with van der Waals surface area (Å²) in [5.41, 5.74) is -0.176. The molecule has 0 unspecified atom stereocenters. The standard InChI is InChI=1S/C75H70N10O16/c1-7-61(86)76-37-75(38-77-62(87)8-2)39-98-21-23-100-65-57-29-43(5)31-59(65)73(96)84-51-19-11-15-47(35-51)80-69(92)55-27-42(4)28-56(64(55)89)70(93)81-48-16-12-20-52(36-48)85-74(97)60-32-44(6)30-58(66(60)101-24-22-99-40-75)72(95)83-50-18-10-14-46(34-50)79-68(91)54-26-41(3)25-53(63(54)88)67(90)78-45-13-9-17-49(33-45)82-71(57)94/h7-20,25-36,88-89H,1-2,21-24,37-40H2,3-6H3,(H,76,86)(H,77,87)(H,78,90)(H,79,91)(H,80,92)(H,81,93)(H,82,94)(H,83,95)(H,84,96)(H,85,97). The Hall–Kier alpha value is -12.9. The highest BCUT2D eigenvalue weighted by Gasteiger charge is 2.34. The number of nitrogens with one attached hydrogen (secondary N) is 10. The molecule has 12 N–H and O–H groups in total. The lowest BCUT2D eigenvalue weighted by atomic mass is 9.89. The number of amides is 10. The smallest absolute Gasteiger partial charge is 0.259 e. The lowest BCUT2D eigenvalue weighted by Crippen LogP contribution is -2.51. The SMILES string of the molecule is C=CC(=O)NCC1(CNC(=O)C=C)COCCOc2c3cc(C)cc2C(=O)Nc2cccc(c2)NC(=O)c2cc(C)cc(c2O)C(=O)Nc2cccc(c2)NC(=O)c2cc(C)cc(c2OCCOC1)C(=O)Nc1cccc(c1)NC(=O)c1cc(C)cc(c1O)C(=O)Nc1cccc(c1)NC3=O. The number of benzene rings is 8. The van der Waals surface area contributed by atoms with Crippen LogP contribution in [0.3, 0.4) is 0 Å². The maximum atomic E-state index is 14.8. The third-order valence-electron chi connectivity index (χ3n) is 15.9. The third kappa shape index (κ3) is 17.6. The molecule has 8 aromatic rings. The fourth-order valence-corrected chi connectivity index (χ4v) is 11.1. The highest BCUT2D eigenvalue weighted by molar-refractivity contribution is 6.17. The summed E-state index contributed by atoms with van der Waals surface area (Å²) in [6.45, 7) is 11.5. The van der Waals surface area contributed by atoms with E-state index in [1.165, 1.54) is 146 Å². The molecule has 26 nitrogen and oxygen atoms in total. The zero-order valence-corrected chi connectivity index (χ0v) is 55.2. The first-order chi connectivity index (χ1) is 48.4. The molecule has 8 aromatic carbocycles. The first kappa shape index (κ1) is 70.8. The highest BCUT2D eigenvalue weighted by Crippen LogP contribution is 2.35. The number of aryl methyl sites for hydroxylation is 4. The Labute approximate surface area is 578 Å². The van der Waals surface area contributed by atoms with Crippen molar-refractivity contribution in [2.24, 2.45) is 5.41 Å². The molecule has 101 heavy (non-hydrogen) atoms. The second-order valence-electron chi connectivity index (χ2n) is 23.9. The quantitative estimate of drug-likeness (QED) is 0.0689. The summed E-state index contributed by atoms with van der Waals surface area (Å²) in [5.74, 6) is -9.44. The summed E-state index contributed by atoms with van der Waals surface area (Å²) in [5, 5.41) is 50.8. The van der Waals surface area contributed by atoms with Gasteiger partial charge < -0.3 is 82.3 Å². The lowest BCUT2D eigenvalue weighted by molar-refractivity contribution is -0.118. The van der Waals surface area contributed by atoms with Gasteiger partial charge in [0.1, 0.15) is 36.2 Å². The summed E-state index contributed by atoms with van der Waals surface area (Å²) >= 11 is 0. The predicted octanol–water partition coefficient (Wildman–Crippen LogP) is 10.1. The minimum atomic E-state index is -1.30. The maximum Gasteiger partial charge on any atom is 0.259 e. The van der Waals surface area contributed by atoms with Crippen molar-refractivity contribution in [3.05, 3.63) is 238 Å². The van der Waals surface area contributed by atoms with Crippen molar-refractivity contribution < 1.29 is 77.1 Å². The monoisotopic (exact) mass is 1370 g/mol. The molecule has 0 spiro atoms. The predicted molar refractivity (Wildman–Crippen MR) is 379 cm³/mol. The normalized spacial score (nSPS) is 14.8. The largest absolute Gasteiger partial charge is 0.506 e. The van der Waals surface area contributed by atoms with Gasteiger partial charge in [-0.3, -0.25) is 47.9 Å². The minimum Gasteiger partial charge on any atom is -0.506 e. The molecule has 516 valence electrons. The molecule has 0 aliphatic carbocycles. The van der Waals surface area contributed by atoms with Crippen molar-refractivity contribution in [3.63, 3.8) is 0 Å². The van der Waals surface area contributed by atoms with E-state index >= 15 is 0 Å². The fourth-order valence-electron chi connectivity index (χ4n) is 11.1. The number of aromatic hydroxyl groups is 2. The average molecular weight is 1370 g/mol. The van der Waals surface area contributed by atoms with Gasteiger partial charge in [-0.2, -0.15) is 0 Å². The van der Waals surface area contributed by atoms with E-state index in [1.54, 1.807) is 27.7 Å². The maximum absolute atomic E-state index is 14.8. The Bertz CT molecular complexity index is 4170. The number of hydrogen-bond acceptors (Lipinski definition) is 16. The van der Waals surface area contributed by atoms with Crippen LogP contribution in [0.4, 0.5) is 45.5 Å². The number of carbonyl (C=O) groups excluding carboxylic acids is 10. The van der Waals surface area contributed by atoms with Crippen LogP contribution < -0.4 is 62.6 Å². The molecule has 0 fully saturated rings.